The van der Waals surface area contributed by atoms with E-state index >= 15 is 0 Å². The lowest BCUT2D eigenvalue weighted by molar-refractivity contribution is 0.0694. The average Bonchev–Trinajstić information content (AvgIpc) is 2.25. The highest BCUT2D eigenvalue weighted by Crippen LogP contribution is 2.33. The topological polar surface area (TPSA) is 50.2 Å². The third-order valence-corrected chi connectivity index (χ3v) is 3.30. The Morgan fingerprint density at radius 1 is 1.33 bits per heavy atom. The van der Waals surface area contributed by atoms with Gasteiger partial charge in [-0.2, -0.15) is 0 Å². The number of carboxylic acids is 1. The number of hydrogen-bond donors (Lipinski definition) is 1. The number of hydrogen-bond acceptors (Lipinski definition) is 2. The van der Waals surface area contributed by atoms with Crippen molar-refractivity contribution in [1.82, 2.24) is 4.98 Å². The van der Waals surface area contributed by atoms with E-state index in [2.05, 4.69) is 20.9 Å². The molecule has 0 saturated carbocycles. The van der Waals surface area contributed by atoms with Gasteiger partial charge in [-0.25, -0.2) is 4.79 Å². The number of nitrogens with zero attached hydrogens (tertiary/aromatic N) is 1. The van der Waals surface area contributed by atoms with Gasteiger partial charge in [0.1, 0.15) is 0 Å². The Hall–Kier alpha value is -1.42. The number of carboxylic acid groups (broad SMARTS) is 1. The number of rotatable bonds is 1. The highest BCUT2D eigenvalue weighted by Gasteiger charge is 2.24. The van der Waals surface area contributed by atoms with Crippen LogP contribution in [0.15, 0.2) is 28.9 Å². The average molecular weight is 308 g/mol. The molecule has 1 heterocycles. The summed E-state index contributed by atoms with van der Waals surface area (Å²) in [6.07, 6.45) is 1.44. The second kappa shape index (κ2) is 4.35. The minimum absolute atomic E-state index is 0.254. The summed E-state index contributed by atoms with van der Waals surface area (Å²) in [5.41, 5.74) is 1.65. The second-order valence-electron chi connectivity index (χ2n) is 5.26. The molecule has 2 rings (SSSR count). The van der Waals surface area contributed by atoms with E-state index < -0.39 is 5.97 Å². The Balaban J connectivity index is 2.93. The van der Waals surface area contributed by atoms with Crippen LogP contribution in [-0.4, -0.2) is 16.1 Å². The highest BCUT2D eigenvalue weighted by molar-refractivity contribution is 9.10. The molecule has 0 unspecified atom stereocenters. The minimum atomic E-state index is -0.936. The molecule has 0 fully saturated rings. The molecule has 0 aliphatic heterocycles. The third-order valence-electron chi connectivity index (χ3n) is 2.81. The van der Waals surface area contributed by atoms with E-state index in [0.29, 0.717) is 0 Å². The van der Waals surface area contributed by atoms with Gasteiger partial charge in [-0.3, -0.25) is 4.98 Å². The molecule has 0 saturated heterocycles. The molecule has 0 spiro atoms. The number of benzene rings is 1. The van der Waals surface area contributed by atoms with Gasteiger partial charge in [-0.15, -0.1) is 0 Å². The van der Waals surface area contributed by atoms with Crippen molar-refractivity contribution in [3.05, 3.63) is 40.0 Å². The van der Waals surface area contributed by atoms with Gasteiger partial charge in [-0.1, -0.05) is 36.7 Å². The molecular weight excluding hydrogens is 294 g/mol. The zero-order chi connectivity index (χ0) is 13.5. The lowest BCUT2D eigenvalue weighted by Crippen LogP contribution is -2.18. The maximum absolute atomic E-state index is 11.3. The summed E-state index contributed by atoms with van der Waals surface area (Å²) in [5.74, 6) is -0.936. The van der Waals surface area contributed by atoms with Crippen molar-refractivity contribution in [2.45, 2.75) is 26.2 Å². The van der Waals surface area contributed by atoms with Crippen LogP contribution < -0.4 is 0 Å². The van der Waals surface area contributed by atoms with E-state index in [1.165, 1.54) is 6.20 Å². The van der Waals surface area contributed by atoms with Crippen LogP contribution in [0.25, 0.3) is 10.9 Å². The fourth-order valence-electron chi connectivity index (χ4n) is 2.13. The monoisotopic (exact) mass is 307 g/mol. The summed E-state index contributed by atoms with van der Waals surface area (Å²) in [6.45, 7) is 6.03. The Morgan fingerprint density at radius 2 is 2.00 bits per heavy atom. The quantitative estimate of drug-likeness (QED) is 0.866. The van der Waals surface area contributed by atoms with E-state index in [1.54, 1.807) is 0 Å². The number of aromatic carboxylic acids is 1. The predicted octanol–water partition coefficient (Wildman–Crippen LogP) is 3.99. The van der Waals surface area contributed by atoms with Gasteiger partial charge in [0.25, 0.3) is 0 Å². The molecule has 0 aliphatic rings. The van der Waals surface area contributed by atoms with Crippen LogP contribution in [0.5, 0.6) is 0 Å². The maximum atomic E-state index is 11.3. The molecule has 94 valence electrons. The molecule has 0 atom stereocenters. The zero-order valence-electron chi connectivity index (χ0n) is 10.5. The Labute approximate surface area is 114 Å². The van der Waals surface area contributed by atoms with Gasteiger partial charge >= 0.3 is 5.97 Å². The van der Waals surface area contributed by atoms with Gasteiger partial charge in [0.2, 0.25) is 0 Å². The molecule has 0 radical (unpaired) electrons. The second-order valence-corrected chi connectivity index (χ2v) is 6.18. The molecule has 0 amide bonds. The molecule has 4 heteroatoms. The van der Waals surface area contributed by atoms with E-state index in [1.807, 2.05) is 39.0 Å². The van der Waals surface area contributed by atoms with Gasteiger partial charge in [0.05, 0.1) is 11.1 Å². The van der Waals surface area contributed by atoms with Gasteiger partial charge in [-0.05, 0) is 29.2 Å². The molecule has 18 heavy (non-hydrogen) atoms. The molecule has 0 aliphatic carbocycles. The molecule has 1 aromatic carbocycles. The summed E-state index contributed by atoms with van der Waals surface area (Å²) in [6, 6.07) is 5.72. The molecule has 0 bridgehead atoms. The van der Waals surface area contributed by atoms with Gasteiger partial charge < -0.3 is 5.11 Å². The maximum Gasteiger partial charge on any atom is 0.337 e. The van der Waals surface area contributed by atoms with Crippen molar-refractivity contribution in [2.75, 3.05) is 0 Å². The number of halogens is 1. The number of fused-ring (bicyclic) bond motifs is 1. The standard InChI is InChI=1S/C14H14BrNO2/c1-14(2,3)12-9-6-8(15)4-5-11(9)16-7-10(12)13(17)18/h4-7H,1-3H3,(H,17,18). The Bertz CT molecular complexity index is 629. The van der Waals surface area contributed by atoms with Gasteiger partial charge in [0.15, 0.2) is 0 Å². The van der Waals surface area contributed by atoms with Crippen LogP contribution >= 0.6 is 15.9 Å². The molecule has 1 aromatic heterocycles. The summed E-state index contributed by atoms with van der Waals surface area (Å²) in [4.78, 5) is 15.6. The first-order valence-corrected chi connectivity index (χ1v) is 6.42. The zero-order valence-corrected chi connectivity index (χ0v) is 12.1. The van der Waals surface area contributed by atoms with Crippen LogP contribution in [0.1, 0.15) is 36.7 Å². The minimum Gasteiger partial charge on any atom is -0.478 e. The van der Waals surface area contributed by atoms with Crippen molar-refractivity contribution in [1.29, 1.82) is 0 Å². The highest BCUT2D eigenvalue weighted by atomic mass is 79.9. The fraction of sp³-hybridized carbons (Fsp3) is 0.286. The Morgan fingerprint density at radius 3 is 2.56 bits per heavy atom. The van der Waals surface area contributed by atoms with Crippen LogP contribution in [0.4, 0.5) is 0 Å². The van der Waals surface area contributed by atoms with E-state index in [9.17, 15) is 9.90 Å². The number of pyridine rings is 1. The first-order chi connectivity index (χ1) is 8.30. The van der Waals surface area contributed by atoms with Crippen LogP contribution in [0.3, 0.4) is 0 Å². The summed E-state index contributed by atoms with van der Waals surface area (Å²) in [5, 5.41) is 10.2. The first-order valence-electron chi connectivity index (χ1n) is 5.63. The molecule has 1 N–H and O–H groups in total. The number of aromatic nitrogens is 1. The van der Waals surface area contributed by atoms with Crippen molar-refractivity contribution in [3.8, 4) is 0 Å². The SMILES string of the molecule is CC(C)(C)c1c(C(=O)O)cnc2ccc(Br)cc12. The van der Waals surface area contributed by atoms with Crippen molar-refractivity contribution < 1.29 is 9.90 Å². The summed E-state index contributed by atoms with van der Waals surface area (Å²) >= 11 is 3.42. The predicted molar refractivity (Wildman–Crippen MR) is 75.1 cm³/mol. The Kier molecular flexibility index (Phi) is 3.15. The molecular formula is C14H14BrNO2. The van der Waals surface area contributed by atoms with Gasteiger partial charge in [0, 0.05) is 16.1 Å². The van der Waals surface area contributed by atoms with Crippen molar-refractivity contribution in [3.63, 3.8) is 0 Å². The first kappa shape index (κ1) is 13.0. The third kappa shape index (κ3) is 2.25. The lowest BCUT2D eigenvalue weighted by Gasteiger charge is -2.23. The lowest BCUT2D eigenvalue weighted by atomic mass is 9.82. The van der Waals surface area contributed by atoms with E-state index in [0.717, 1.165) is 20.9 Å². The normalized spacial score (nSPS) is 11.8. The largest absolute Gasteiger partial charge is 0.478 e. The van der Waals surface area contributed by atoms with E-state index in [4.69, 9.17) is 0 Å². The fourth-order valence-corrected chi connectivity index (χ4v) is 2.50. The van der Waals surface area contributed by atoms with Crippen LogP contribution in [0.2, 0.25) is 0 Å². The number of carbonyl (C=O) groups is 1. The van der Waals surface area contributed by atoms with Crippen molar-refractivity contribution in [2.24, 2.45) is 0 Å². The van der Waals surface area contributed by atoms with Crippen LogP contribution in [-0.2, 0) is 5.41 Å². The summed E-state index contributed by atoms with van der Waals surface area (Å²) < 4.78 is 0.921. The summed E-state index contributed by atoms with van der Waals surface area (Å²) in [7, 11) is 0. The smallest absolute Gasteiger partial charge is 0.337 e. The van der Waals surface area contributed by atoms with E-state index in [-0.39, 0.29) is 11.0 Å². The molecule has 3 nitrogen and oxygen atoms in total. The molecule has 2 aromatic rings. The van der Waals surface area contributed by atoms with Crippen LogP contribution in [0, 0.1) is 0 Å². The van der Waals surface area contributed by atoms with Crippen molar-refractivity contribution >= 4 is 32.8 Å².